The third-order valence-electron chi connectivity index (χ3n) is 5.20. The molecule has 1 aliphatic rings. The maximum absolute atomic E-state index is 13.0. The molecule has 0 bridgehead atoms. The van der Waals surface area contributed by atoms with Crippen LogP contribution < -0.4 is 14.2 Å². The Labute approximate surface area is 216 Å². The Morgan fingerprint density at radius 3 is 2.49 bits per heavy atom. The van der Waals surface area contributed by atoms with Gasteiger partial charge >= 0.3 is 16.1 Å². The van der Waals surface area contributed by atoms with Crippen LogP contribution in [0.3, 0.4) is 0 Å². The van der Waals surface area contributed by atoms with E-state index in [2.05, 4.69) is 5.32 Å². The molecule has 1 heterocycles. The molecule has 0 saturated carbocycles. The predicted octanol–water partition coefficient (Wildman–Crippen LogP) is 5.26. The van der Waals surface area contributed by atoms with Gasteiger partial charge in [0.25, 0.3) is 0 Å². The fourth-order valence-corrected chi connectivity index (χ4v) is 4.88. The lowest BCUT2D eigenvalue weighted by molar-refractivity contribution is 0.0782. The number of hydrogen-bond acceptors (Lipinski definition) is 6. The molecular weight excluding hydrogens is 515 g/mol. The van der Waals surface area contributed by atoms with Crippen LogP contribution in [0, 0.1) is 0 Å². The number of nitrogens with one attached hydrogen (secondary N) is 1. The van der Waals surface area contributed by atoms with Gasteiger partial charge in [-0.1, -0.05) is 29.3 Å². The second kappa shape index (κ2) is 11.2. The van der Waals surface area contributed by atoms with Crippen molar-refractivity contribution >= 4 is 39.4 Å². The molecule has 11 heteroatoms. The SMILES string of the molecule is COc1ccc(CN(C[C@H]2CCCO2)C(=O)NC(C)(C)C)cc1OS(=O)(=O)c1ccc(Cl)c(Cl)c1. The summed E-state index contributed by atoms with van der Waals surface area (Å²) in [5.41, 5.74) is 0.237. The van der Waals surface area contributed by atoms with Crippen LogP contribution in [-0.4, -0.2) is 51.3 Å². The Kier molecular flexibility index (Phi) is 8.80. The molecule has 3 rings (SSSR count). The first-order chi connectivity index (χ1) is 16.4. The molecule has 1 aliphatic heterocycles. The zero-order valence-corrected chi connectivity index (χ0v) is 22.5. The Bertz CT molecular complexity index is 1160. The molecule has 8 nitrogen and oxygen atoms in total. The van der Waals surface area contributed by atoms with Crippen molar-refractivity contribution in [3.63, 3.8) is 0 Å². The first-order valence-corrected chi connectivity index (χ1v) is 13.3. The van der Waals surface area contributed by atoms with Gasteiger partial charge in [0.05, 0.1) is 23.3 Å². The minimum Gasteiger partial charge on any atom is -0.493 e. The molecule has 2 amide bonds. The van der Waals surface area contributed by atoms with Gasteiger partial charge in [0.15, 0.2) is 11.5 Å². The average Bonchev–Trinajstić information content (AvgIpc) is 3.27. The molecule has 0 radical (unpaired) electrons. The van der Waals surface area contributed by atoms with Crippen LogP contribution in [0.15, 0.2) is 41.3 Å². The summed E-state index contributed by atoms with van der Waals surface area (Å²) in [6, 6.07) is 8.56. The zero-order valence-electron chi connectivity index (χ0n) is 20.1. The molecule has 1 fully saturated rings. The number of amides is 2. The van der Waals surface area contributed by atoms with Gasteiger partial charge in [-0.25, -0.2) is 4.79 Å². The van der Waals surface area contributed by atoms with Crippen molar-refractivity contribution in [2.75, 3.05) is 20.3 Å². The number of ether oxygens (including phenoxy) is 2. The normalized spacial score (nSPS) is 16.1. The lowest BCUT2D eigenvalue weighted by Gasteiger charge is -2.30. The molecule has 0 aliphatic carbocycles. The fourth-order valence-electron chi connectivity index (χ4n) is 3.56. The quantitative estimate of drug-likeness (QED) is 0.455. The average molecular weight is 545 g/mol. The number of benzene rings is 2. The smallest absolute Gasteiger partial charge is 0.339 e. The van der Waals surface area contributed by atoms with Crippen molar-refractivity contribution in [3.8, 4) is 11.5 Å². The zero-order chi connectivity index (χ0) is 25.8. The van der Waals surface area contributed by atoms with Crippen LogP contribution in [0.1, 0.15) is 39.2 Å². The van der Waals surface area contributed by atoms with Crippen LogP contribution in [0.2, 0.25) is 10.0 Å². The highest BCUT2D eigenvalue weighted by atomic mass is 35.5. The first kappa shape index (κ1) is 27.4. The number of halogens is 2. The summed E-state index contributed by atoms with van der Waals surface area (Å²) in [5.74, 6) is 0.214. The number of nitrogens with zero attached hydrogens (tertiary/aromatic N) is 1. The summed E-state index contributed by atoms with van der Waals surface area (Å²) in [4.78, 5) is 14.5. The van der Waals surface area contributed by atoms with E-state index in [1.165, 1.54) is 25.3 Å². The van der Waals surface area contributed by atoms with Crippen LogP contribution in [0.4, 0.5) is 4.79 Å². The Hall–Kier alpha value is -2.20. The third kappa shape index (κ3) is 7.64. The maximum atomic E-state index is 13.0. The Balaban J connectivity index is 1.87. The van der Waals surface area contributed by atoms with E-state index >= 15 is 0 Å². The molecule has 2 aromatic rings. The number of rotatable bonds is 8. The molecule has 35 heavy (non-hydrogen) atoms. The lowest BCUT2D eigenvalue weighted by atomic mass is 10.1. The molecule has 192 valence electrons. The van der Waals surface area contributed by atoms with Crippen LogP contribution >= 0.6 is 23.2 Å². The number of hydrogen-bond donors (Lipinski definition) is 1. The Morgan fingerprint density at radius 1 is 1.14 bits per heavy atom. The summed E-state index contributed by atoms with van der Waals surface area (Å²) in [5, 5.41) is 3.29. The van der Waals surface area contributed by atoms with Gasteiger partial charge < -0.3 is 23.9 Å². The molecule has 1 atom stereocenters. The molecular formula is C24H30Cl2N2O6S. The largest absolute Gasteiger partial charge is 0.493 e. The van der Waals surface area contributed by atoms with Crippen molar-refractivity contribution < 1.29 is 26.9 Å². The van der Waals surface area contributed by atoms with E-state index in [9.17, 15) is 13.2 Å². The van der Waals surface area contributed by atoms with Gasteiger partial charge in [0.1, 0.15) is 4.90 Å². The van der Waals surface area contributed by atoms with Gasteiger partial charge in [0.2, 0.25) is 0 Å². The maximum Gasteiger partial charge on any atom is 0.339 e. The fraction of sp³-hybridized carbons (Fsp3) is 0.458. The van der Waals surface area contributed by atoms with Crippen molar-refractivity contribution in [2.45, 2.75) is 56.7 Å². The van der Waals surface area contributed by atoms with Crippen LogP contribution in [-0.2, 0) is 21.4 Å². The molecule has 0 aromatic heterocycles. The van der Waals surface area contributed by atoms with E-state index in [1.807, 2.05) is 20.8 Å². The van der Waals surface area contributed by atoms with Gasteiger partial charge in [-0.15, -0.1) is 0 Å². The van der Waals surface area contributed by atoms with Gasteiger partial charge in [-0.05, 0) is 69.5 Å². The number of carbonyl (C=O) groups excluding carboxylic acids is 1. The Morgan fingerprint density at radius 2 is 1.89 bits per heavy atom. The van der Waals surface area contributed by atoms with Crippen LogP contribution in [0.5, 0.6) is 11.5 Å². The first-order valence-electron chi connectivity index (χ1n) is 11.1. The van der Waals surface area contributed by atoms with Crippen molar-refractivity contribution in [1.82, 2.24) is 10.2 Å². The highest BCUT2D eigenvalue weighted by Gasteiger charge is 2.26. The standard InChI is InChI=1S/C24H30Cl2N2O6S/c1-24(2,3)27-23(29)28(15-17-6-5-11-33-17)14-16-7-10-21(32-4)22(12-16)34-35(30,31)18-8-9-19(25)20(26)13-18/h7-10,12-13,17H,5-6,11,14-15H2,1-4H3,(H,27,29)/t17-/m1/s1. The molecule has 1 N–H and O–H groups in total. The van der Waals surface area contributed by atoms with E-state index in [1.54, 1.807) is 23.1 Å². The van der Waals surface area contributed by atoms with E-state index in [4.69, 9.17) is 36.9 Å². The summed E-state index contributed by atoms with van der Waals surface area (Å²) >= 11 is 11.9. The highest BCUT2D eigenvalue weighted by molar-refractivity contribution is 7.87. The number of urea groups is 1. The minimum atomic E-state index is -4.23. The molecule has 0 unspecified atom stereocenters. The topological polar surface area (TPSA) is 94.2 Å². The second-order valence-electron chi connectivity index (χ2n) is 9.29. The third-order valence-corrected chi connectivity index (χ3v) is 7.17. The molecule has 1 saturated heterocycles. The van der Waals surface area contributed by atoms with Gasteiger partial charge in [0, 0.05) is 25.2 Å². The van der Waals surface area contributed by atoms with E-state index in [0.717, 1.165) is 12.8 Å². The predicted molar refractivity (Wildman–Crippen MR) is 135 cm³/mol. The van der Waals surface area contributed by atoms with Crippen molar-refractivity contribution in [3.05, 3.63) is 52.0 Å². The summed E-state index contributed by atoms with van der Waals surface area (Å²) < 4.78 is 42.2. The van der Waals surface area contributed by atoms with Crippen molar-refractivity contribution in [1.29, 1.82) is 0 Å². The monoisotopic (exact) mass is 544 g/mol. The highest BCUT2D eigenvalue weighted by Crippen LogP contribution is 2.33. The number of methoxy groups -OCH3 is 1. The van der Waals surface area contributed by atoms with Crippen LogP contribution in [0.25, 0.3) is 0 Å². The van der Waals surface area contributed by atoms with Crippen molar-refractivity contribution in [2.24, 2.45) is 0 Å². The molecule has 2 aromatic carbocycles. The van der Waals surface area contributed by atoms with Gasteiger partial charge in [-0.3, -0.25) is 0 Å². The van der Waals surface area contributed by atoms with E-state index in [0.29, 0.717) is 18.7 Å². The summed E-state index contributed by atoms with van der Waals surface area (Å²) in [6.45, 7) is 7.01. The van der Waals surface area contributed by atoms with E-state index in [-0.39, 0.29) is 45.1 Å². The number of carbonyl (C=O) groups is 1. The van der Waals surface area contributed by atoms with E-state index < -0.39 is 15.7 Å². The summed E-state index contributed by atoms with van der Waals surface area (Å²) in [6.07, 6.45) is 1.77. The van der Waals surface area contributed by atoms with Gasteiger partial charge in [-0.2, -0.15) is 8.42 Å². The summed E-state index contributed by atoms with van der Waals surface area (Å²) in [7, 11) is -2.81. The second-order valence-corrected chi connectivity index (χ2v) is 11.7. The lowest BCUT2D eigenvalue weighted by Crippen LogP contribution is -2.50. The minimum absolute atomic E-state index is 0.00984. The molecule has 0 spiro atoms.